The monoisotopic (exact) mass is 387 g/mol. The van der Waals surface area contributed by atoms with Gasteiger partial charge in [0.15, 0.2) is 5.78 Å². The van der Waals surface area contributed by atoms with Crippen molar-refractivity contribution < 1.29 is 14.1 Å². The summed E-state index contributed by atoms with van der Waals surface area (Å²) in [6, 6.07) is 14.8. The van der Waals surface area contributed by atoms with Crippen molar-refractivity contribution >= 4 is 18.2 Å². The van der Waals surface area contributed by atoms with Crippen LogP contribution in [0.25, 0.3) is 11.4 Å². The Morgan fingerprint density at radius 3 is 2.44 bits per heavy atom. The zero-order valence-corrected chi connectivity index (χ0v) is 15.9. The molecule has 3 rings (SSSR count). The molecule has 27 heavy (non-hydrogen) atoms. The standard InChI is InChI=1S/C20H21N3O3.ClH/c1-2-25-17-9-7-15(8-10-17)18(24)11-12-19-22-20(23-26-19)16-5-3-14(13-21)4-6-16;/h3-10H,2,11-13,21H2,1H3;1H. The van der Waals surface area contributed by atoms with Crippen LogP contribution in [0.3, 0.4) is 0 Å². The summed E-state index contributed by atoms with van der Waals surface area (Å²) in [5, 5.41) is 3.98. The van der Waals surface area contributed by atoms with E-state index in [1.165, 1.54) is 0 Å². The van der Waals surface area contributed by atoms with E-state index in [1.54, 1.807) is 24.3 Å². The fourth-order valence-corrected chi connectivity index (χ4v) is 2.53. The molecule has 0 atom stereocenters. The van der Waals surface area contributed by atoms with Crippen molar-refractivity contribution in [3.05, 3.63) is 65.5 Å². The number of nitrogens with two attached hydrogens (primary N) is 1. The molecule has 142 valence electrons. The molecule has 0 saturated carbocycles. The topological polar surface area (TPSA) is 91.2 Å². The maximum Gasteiger partial charge on any atom is 0.227 e. The summed E-state index contributed by atoms with van der Waals surface area (Å²) in [5.74, 6) is 1.74. The molecule has 0 bridgehead atoms. The van der Waals surface area contributed by atoms with Gasteiger partial charge in [-0.05, 0) is 36.8 Å². The van der Waals surface area contributed by atoms with Crippen molar-refractivity contribution in [2.24, 2.45) is 5.73 Å². The van der Waals surface area contributed by atoms with Gasteiger partial charge >= 0.3 is 0 Å². The molecule has 0 radical (unpaired) electrons. The Balaban J connectivity index is 0.00000261. The number of nitrogens with zero attached hydrogens (tertiary/aromatic N) is 2. The third-order valence-electron chi connectivity index (χ3n) is 3.97. The first-order valence-electron chi connectivity index (χ1n) is 8.57. The molecule has 0 amide bonds. The first-order valence-corrected chi connectivity index (χ1v) is 8.57. The van der Waals surface area contributed by atoms with Crippen LogP contribution in [0.4, 0.5) is 0 Å². The highest BCUT2D eigenvalue weighted by atomic mass is 35.5. The highest BCUT2D eigenvalue weighted by Crippen LogP contribution is 2.18. The van der Waals surface area contributed by atoms with E-state index in [0.29, 0.717) is 43.3 Å². The molecule has 1 aromatic heterocycles. The minimum absolute atomic E-state index is 0. The number of aryl methyl sites for hydroxylation is 1. The molecule has 0 aliphatic heterocycles. The lowest BCUT2D eigenvalue weighted by atomic mass is 10.1. The number of benzene rings is 2. The second-order valence-electron chi connectivity index (χ2n) is 5.79. The Morgan fingerprint density at radius 2 is 1.81 bits per heavy atom. The number of hydrogen-bond donors (Lipinski definition) is 1. The van der Waals surface area contributed by atoms with E-state index in [9.17, 15) is 4.79 Å². The molecule has 0 aliphatic rings. The Bertz CT molecular complexity index is 861. The molecule has 7 heteroatoms. The van der Waals surface area contributed by atoms with Crippen LogP contribution in [-0.2, 0) is 13.0 Å². The molecular formula is C20H22ClN3O3. The molecule has 0 unspecified atom stereocenters. The number of hydrogen-bond acceptors (Lipinski definition) is 6. The van der Waals surface area contributed by atoms with Crippen LogP contribution in [0.1, 0.15) is 35.2 Å². The van der Waals surface area contributed by atoms with Crippen molar-refractivity contribution in [1.82, 2.24) is 10.1 Å². The van der Waals surface area contributed by atoms with Gasteiger partial charge in [-0.25, -0.2) is 0 Å². The number of halogens is 1. The minimum atomic E-state index is 0. The molecule has 3 aromatic rings. The third-order valence-corrected chi connectivity index (χ3v) is 3.97. The molecule has 0 aliphatic carbocycles. The average molecular weight is 388 g/mol. The summed E-state index contributed by atoms with van der Waals surface area (Å²) in [4.78, 5) is 16.7. The number of Topliss-reactive ketones (excluding diaryl/α,β-unsaturated/α-hetero) is 1. The van der Waals surface area contributed by atoms with Gasteiger partial charge in [-0.1, -0.05) is 29.4 Å². The SMILES string of the molecule is CCOc1ccc(C(=O)CCc2nc(-c3ccc(CN)cc3)no2)cc1.Cl. The number of ether oxygens (including phenoxy) is 1. The summed E-state index contributed by atoms with van der Waals surface area (Å²) >= 11 is 0. The van der Waals surface area contributed by atoms with Crippen molar-refractivity contribution in [1.29, 1.82) is 0 Å². The van der Waals surface area contributed by atoms with Crippen molar-refractivity contribution in [2.75, 3.05) is 6.61 Å². The van der Waals surface area contributed by atoms with Gasteiger partial charge in [0.25, 0.3) is 0 Å². The summed E-state index contributed by atoms with van der Waals surface area (Å²) in [6.07, 6.45) is 0.710. The molecule has 1 heterocycles. The Kier molecular flexibility index (Phi) is 7.52. The van der Waals surface area contributed by atoms with E-state index in [1.807, 2.05) is 31.2 Å². The Morgan fingerprint density at radius 1 is 1.11 bits per heavy atom. The molecular weight excluding hydrogens is 366 g/mol. The van der Waals surface area contributed by atoms with Gasteiger partial charge in [0, 0.05) is 30.5 Å². The Labute approximate surface area is 164 Å². The van der Waals surface area contributed by atoms with Gasteiger partial charge in [0.1, 0.15) is 5.75 Å². The fraction of sp³-hybridized carbons (Fsp3) is 0.250. The molecule has 0 fully saturated rings. The first-order chi connectivity index (χ1) is 12.7. The fourth-order valence-electron chi connectivity index (χ4n) is 2.53. The molecule has 0 saturated heterocycles. The van der Waals surface area contributed by atoms with Gasteiger partial charge in [-0.15, -0.1) is 12.4 Å². The van der Waals surface area contributed by atoms with E-state index in [2.05, 4.69) is 10.1 Å². The average Bonchev–Trinajstić information content (AvgIpc) is 3.16. The summed E-state index contributed by atoms with van der Waals surface area (Å²) in [7, 11) is 0. The van der Waals surface area contributed by atoms with Gasteiger partial charge < -0.3 is 15.0 Å². The van der Waals surface area contributed by atoms with Gasteiger partial charge in [-0.3, -0.25) is 4.79 Å². The summed E-state index contributed by atoms with van der Waals surface area (Å²) < 4.78 is 10.6. The van der Waals surface area contributed by atoms with Crippen LogP contribution < -0.4 is 10.5 Å². The minimum Gasteiger partial charge on any atom is -0.494 e. The van der Waals surface area contributed by atoms with Gasteiger partial charge in [-0.2, -0.15) is 4.98 Å². The van der Waals surface area contributed by atoms with Gasteiger partial charge in [0.05, 0.1) is 6.61 Å². The summed E-state index contributed by atoms with van der Waals surface area (Å²) in [6.45, 7) is 3.01. The zero-order chi connectivity index (χ0) is 18.4. The normalized spacial score (nSPS) is 10.3. The Hall–Kier alpha value is -2.70. The predicted octanol–water partition coefficient (Wildman–Crippen LogP) is 3.83. The predicted molar refractivity (Wildman–Crippen MR) is 105 cm³/mol. The number of aromatic nitrogens is 2. The van der Waals surface area contributed by atoms with Crippen LogP contribution >= 0.6 is 12.4 Å². The van der Waals surface area contributed by atoms with Crippen molar-refractivity contribution in [3.8, 4) is 17.1 Å². The highest BCUT2D eigenvalue weighted by molar-refractivity contribution is 5.96. The smallest absolute Gasteiger partial charge is 0.227 e. The lowest BCUT2D eigenvalue weighted by molar-refractivity contribution is 0.0979. The number of ketones is 1. The number of carbonyl (C=O) groups is 1. The van der Waals surface area contributed by atoms with Gasteiger partial charge in [0.2, 0.25) is 11.7 Å². The quantitative estimate of drug-likeness (QED) is 0.590. The van der Waals surface area contributed by atoms with Crippen LogP contribution in [-0.4, -0.2) is 22.5 Å². The summed E-state index contributed by atoms with van der Waals surface area (Å²) in [5.41, 5.74) is 8.13. The van der Waals surface area contributed by atoms with E-state index < -0.39 is 0 Å². The van der Waals surface area contributed by atoms with E-state index >= 15 is 0 Å². The second kappa shape index (κ2) is 9.85. The lowest BCUT2D eigenvalue weighted by Gasteiger charge is -2.03. The van der Waals surface area contributed by atoms with E-state index in [0.717, 1.165) is 16.9 Å². The molecule has 0 spiro atoms. The lowest BCUT2D eigenvalue weighted by Crippen LogP contribution is -2.01. The largest absolute Gasteiger partial charge is 0.494 e. The second-order valence-corrected chi connectivity index (χ2v) is 5.79. The zero-order valence-electron chi connectivity index (χ0n) is 15.1. The maximum absolute atomic E-state index is 12.3. The number of rotatable bonds is 8. The van der Waals surface area contributed by atoms with E-state index in [4.69, 9.17) is 15.0 Å². The van der Waals surface area contributed by atoms with Crippen LogP contribution in [0, 0.1) is 0 Å². The molecule has 6 nitrogen and oxygen atoms in total. The molecule has 2 N–H and O–H groups in total. The van der Waals surface area contributed by atoms with Crippen molar-refractivity contribution in [2.45, 2.75) is 26.3 Å². The van der Waals surface area contributed by atoms with Crippen LogP contribution in [0.15, 0.2) is 53.1 Å². The third kappa shape index (κ3) is 5.39. The van der Waals surface area contributed by atoms with Crippen LogP contribution in [0.5, 0.6) is 5.75 Å². The van der Waals surface area contributed by atoms with E-state index in [-0.39, 0.29) is 18.2 Å². The maximum atomic E-state index is 12.3. The number of carbonyl (C=O) groups excluding carboxylic acids is 1. The van der Waals surface area contributed by atoms with Crippen molar-refractivity contribution in [3.63, 3.8) is 0 Å². The molecule has 2 aromatic carbocycles. The highest BCUT2D eigenvalue weighted by Gasteiger charge is 2.12. The van der Waals surface area contributed by atoms with Crippen LogP contribution in [0.2, 0.25) is 0 Å². The first kappa shape index (κ1) is 20.6.